The highest BCUT2D eigenvalue weighted by molar-refractivity contribution is 5.71. The van der Waals surface area contributed by atoms with E-state index in [0.717, 1.165) is 6.54 Å². The molecule has 0 bridgehead atoms. The van der Waals surface area contributed by atoms with Crippen molar-refractivity contribution in [3.63, 3.8) is 0 Å². The van der Waals surface area contributed by atoms with E-state index < -0.39 is 0 Å². The van der Waals surface area contributed by atoms with Crippen LogP contribution in [0.2, 0.25) is 0 Å². The third kappa shape index (κ3) is 2.89. The third-order valence-electron chi connectivity index (χ3n) is 2.24. The molecule has 1 amide bonds. The van der Waals surface area contributed by atoms with E-state index in [1.165, 1.54) is 0 Å². The van der Waals surface area contributed by atoms with Gasteiger partial charge in [-0.05, 0) is 26.2 Å². The molecule has 1 unspecified atom stereocenters. The first-order chi connectivity index (χ1) is 6.11. The average molecular weight is 199 g/mol. The first-order valence-electron chi connectivity index (χ1n) is 5.11. The Balaban J connectivity index is 2.45. The van der Waals surface area contributed by atoms with Crippen LogP contribution in [0.1, 0.15) is 41.5 Å². The standard InChI is InChI=1S/C11H21NO2/c1-10(2,3)8-7-12(8)9(13)14-11(4,5)6/h8H,7H2,1-6H3. The molecule has 1 aliphatic rings. The van der Waals surface area contributed by atoms with E-state index in [1.807, 2.05) is 20.8 Å². The smallest absolute Gasteiger partial charge is 0.410 e. The molecule has 1 saturated heterocycles. The van der Waals surface area contributed by atoms with Gasteiger partial charge in [-0.1, -0.05) is 20.8 Å². The van der Waals surface area contributed by atoms with Crippen LogP contribution in [0.3, 0.4) is 0 Å². The highest BCUT2D eigenvalue weighted by Crippen LogP contribution is 2.35. The normalized spacial score (nSPS) is 22.1. The van der Waals surface area contributed by atoms with E-state index >= 15 is 0 Å². The fraction of sp³-hybridized carbons (Fsp3) is 0.909. The summed E-state index contributed by atoms with van der Waals surface area (Å²) >= 11 is 0. The first-order valence-corrected chi connectivity index (χ1v) is 5.11. The van der Waals surface area contributed by atoms with E-state index in [9.17, 15) is 4.79 Å². The molecular weight excluding hydrogens is 178 g/mol. The molecule has 1 fully saturated rings. The number of rotatable bonds is 0. The molecule has 0 saturated carbocycles. The maximum absolute atomic E-state index is 11.6. The van der Waals surface area contributed by atoms with Crippen LogP contribution in [0.5, 0.6) is 0 Å². The molecule has 0 aliphatic carbocycles. The van der Waals surface area contributed by atoms with Crippen molar-refractivity contribution in [1.82, 2.24) is 4.90 Å². The minimum absolute atomic E-state index is 0.164. The van der Waals surface area contributed by atoms with Crippen LogP contribution < -0.4 is 0 Å². The summed E-state index contributed by atoms with van der Waals surface area (Å²) in [5.41, 5.74) is -0.223. The van der Waals surface area contributed by atoms with Gasteiger partial charge in [0.25, 0.3) is 0 Å². The summed E-state index contributed by atoms with van der Waals surface area (Å²) in [5, 5.41) is 0. The van der Waals surface area contributed by atoms with Crippen molar-refractivity contribution in [2.24, 2.45) is 5.41 Å². The molecular formula is C11H21NO2. The Morgan fingerprint density at radius 2 is 1.71 bits per heavy atom. The SMILES string of the molecule is CC(C)(C)OC(=O)N1CC1C(C)(C)C. The fourth-order valence-corrected chi connectivity index (χ4v) is 1.40. The third-order valence-corrected chi connectivity index (χ3v) is 2.24. The van der Waals surface area contributed by atoms with Gasteiger partial charge in [0.2, 0.25) is 0 Å². The van der Waals surface area contributed by atoms with Crippen molar-refractivity contribution in [2.45, 2.75) is 53.2 Å². The van der Waals surface area contributed by atoms with Crippen LogP contribution in [0.4, 0.5) is 4.79 Å². The molecule has 3 heteroatoms. The topological polar surface area (TPSA) is 29.3 Å². The molecule has 0 spiro atoms. The van der Waals surface area contributed by atoms with Crippen molar-refractivity contribution >= 4 is 6.09 Å². The summed E-state index contributed by atoms with van der Waals surface area (Å²) in [6.07, 6.45) is -0.183. The molecule has 0 N–H and O–H groups in total. The second kappa shape index (κ2) is 3.14. The molecule has 1 rings (SSSR count). The number of hydrogen-bond acceptors (Lipinski definition) is 2. The van der Waals surface area contributed by atoms with Gasteiger partial charge in [0.1, 0.15) is 5.60 Å². The average Bonchev–Trinajstić information content (AvgIpc) is 2.55. The summed E-state index contributed by atoms with van der Waals surface area (Å²) in [6.45, 7) is 12.9. The molecule has 82 valence electrons. The number of ether oxygens (including phenoxy) is 1. The van der Waals surface area contributed by atoms with Gasteiger partial charge in [-0.2, -0.15) is 0 Å². The lowest BCUT2D eigenvalue weighted by Crippen LogP contribution is -2.30. The van der Waals surface area contributed by atoms with Crippen LogP contribution in [0.25, 0.3) is 0 Å². The van der Waals surface area contributed by atoms with Crippen LogP contribution >= 0.6 is 0 Å². The van der Waals surface area contributed by atoms with Gasteiger partial charge in [-0.25, -0.2) is 4.79 Å². The van der Waals surface area contributed by atoms with Gasteiger partial charge in [-0.3, -0.25) is 0 Å². The zero-order valence-electron chi connectivity index (χ0n) is 10.0. The van der Waals surface area contributed by atoms with Gasteiger partial charge < -0.3 is 9.64 Å². The molecule has 0 radical (unpaired) electrons. The molecule has 14 heavy (non-hydrogen) atoms. The Labute approximate surface area is 86.4 Å². The van der Waals surface area contributed by atoms with Crippen molar-refractivity contribution in [3.8, 4) is 0 Å². The van der Waals surface area contributed by atoms with Gasteiger partial charge in [0.15, 0.2) is 0 Å². The van der Waals surface area contributed by atoms with E-state index in [0.29, 0.717) is 6.04 Å². The second-order valence-electron chi connectivity index (χ2n) is 6.01. The maximum Gasteiger partial charge on any atom is 0.410 e. The molecule has 1 atom stereocenters. The Bertz CT molecular complexity index is 235. The molecule has 1 aliphatic heterocycles. The lowest BCUT2D eigenvalue weighted by atomic mass is 9.92. The van der Waals surface area contributed by atoms with E-state index in [1.54, 1.807) is 4.90 Å². The number of carbonyl (C=O) groups excluding carboxylic acids is 1. The van der Waals surface area contributed by atoms with E-state index in [2.05, 4.69) is 20.8 Å². The number of nitrogens with zero attached hydrogens (tertiary/aromatic N) is 1. The van der Waals surface area contributed by atoms with Crippen LogP contribution in [-0.4, -0.2) is 29.2 Å². The molecule has 0 aromatic heterocycles. The second-order valence-corrected chi connectivity index (χ2v) is 6.01. The molecule has 0 aromatic carbocycles. The highest BCUT2D eigenvalue weighted by atomic mass is 16.6. The van der Waals surface area contributed by atoms with Crippen molar-refractivity contribution < 1.29 is 9.53 Å². The fourth-order valence-electron chi connectivity index (χ4n) is 1.40. The summed E-state index contributed by atoms with van der Waals surface area (Å²) in [5.74, 6) is 0. The van der Waals surface area contributed by atoms with Crippen LogP contribution in [-0.2, 0) is 4.74 Å². The van der Waals surface area contributed by atoms with Gasteiger partial charge in [0, 0.05) is 6.54 Å². The first kappa shape index (κ1) is 11.3. The Morgan fingerprint density at radius 1 is 1.21 bits per heavy atom. The van der Waals surface area contributed by atoms with Gasteiger partial charge in [0.05, 0.1) is 6.04 Å². The summed E-state index contributed by atoms with van der Waals surface area (Å²) in [4.78, 5) is 13.4. The predicted octanol–water partition coefficient (Wildman–Crippen LogP) is 2.65. The highest BCUT2D eigenvalue weighted by Gasteiger charge is 2.47. The zero-order chi connectivity index (χ0) is 11.1. The summed E-state index contributed by atoms with van der Waals surface area (Å²) in [7, 11) is 0. The predicted molar refractivity (Wildman–Crippen MR) is 56.2 cm³/mol. The minimum Gasteiger partial charge on any atom is -0.444 e. The van der Waals surface area contributed by atoms with Crippen molar-refractivity contribution in [1.29, 1.82) is 0 Å². The Kier molecular flexibility index (Phi) is 2.55. The monoisotopic (exact) mass is 199 g/mol. The van der Waals surface area contributed by atoms with Gasteiger partial charge in [-0.15, -0.1) is 0 Å². The van der Waals surface area contributed by atoms with Crippen LogP contribution in [0.15, 0.2) is 0 Å². The largest absolute Gasteiger partial charge is 0.444 e. The Morgan fingerprint density at radius 3 is 2.00 bits per heavy atom. The van der Waals surface area contributed by atoms with Crippen molar-refractivity contribution in [3.05, 3.63) is 0 Å². The number of hydrogen-bond donors (Lipinski definition) is 0. The minimum atomic E-state index is -0.387. The number of amides is 1. The quantitative estimate of drug-likeness (QED) is 0.561. The molecule has 3 nitrogen and oxygen atoms in total. The maximum atomic E-state index is 11.6. The van der Waals surface area contributed by atoms with E-state index in [-0.39, 0.29) is 17.1 Å². The number of carbonyl (C=O) groups is 1. The molecule has 1 heterocycles. The van der Waals surface area contributed by atoms with Gasteiger partial charge >= 0.3 is 6.09 Å². The summed E-state index contributed by atoms with van der Waals surface area (Å²) < 4.78 is 5.27. The Hall–Kier alpha value is -0.730. The zero-order valence-corrected chi connectivity index (χ0v) is 10.0. The lowest BCUT2D eigenvalue weighted by Gasteiger charge is -2.22. The molecule has 0 aromatic rings. The van der Waals surface area contributed by atoms with E-state index in [4.69, 9.17) is 4.74 Å². The van der Waals surface area contributed by atoms with Crippen molar-refractivity contribution in [2.75, 3.05) is 6.54 Å². The summed E-state index contributed by atoms with van der Waals surface area (Å²) in [6, 6.07) is 0.345. The lowest BCUT2D eigenvalue weighted by molar-refractivity contribution is 0.0385. The van der Waals surface area contributed by atoms with Crippen LogP contribution in [0, 0.1) is 5.41 Å².